The van der Waals surface area contributed by atoms with Crippen molar-refractivity contribution < 1.29 is 17.9 Å². The highest BCUT2D eigenvalue weighted by atomic mass is 35.5. The third-order valence-corrected chi connectivity index (χ3v) is 9.09. The molecule has 0 radical (unpaired) electrons. The fraction of sp³-hybridized carbons (Fsp3) is 0.423. The molecule has 10 heteroatoms. The molecule has 1 aliphatic heterocycles. The summed E-state index contributed by atoms with van der Waals surface area (Å²) in [6.07, 6.45) is -0.195. The molecule has 3 aromatic rings. The quantitative estimate of drug-likeness (QED) is 0.415. The van der Waals surface area contributed by atoms with Crippen molar-refractivity contribution in [1.29, 1.82) is 0 Å². The van der Waals surface area contributed by atoms with E-state index in [4.69, 9.17) is 21.1 Å². The van der Waals surface area contributed by atoms with Gasteiger partial charge in [0.1, 0.15) is 15.8 Å². The Balaban J connectivity index is 1.45. The van der Waals surface area contributed by atoms with E-state index in [-0.39, 0.29) is 16.2 Å². The first-order valence-corrected chi connectivity index (χ1v) is 13.7. The van der Waals surface area contributed by atoms with Gasteiger partial charge in [0.05, 0.1) is 25.5 Å². The molecule has 4 rings (SSSR count). The monoisotopic (exact) mass is 532 g/mol. The van der Waals surface area contributed by atoms with Crippen molar-refractivity contribution in [2.75, 3.05) is 39.8 Å². The number of rotatable bonds is 9. The van der Waals surface area contributed by atoms with E-state index in [9.17, 15) is 8.42 Å². The van der Waals surface area contributed by atoms with E-state index in [1.807, 2.05) is 24.3 Å². The van der Waals surface area contributed by atoms with Crippen LogP contribution in [0.15, 0.2) is 53.4 Å². The van der Waals surface area contributed by atoms with E-state index in [0.29, 0.717) is 45.0 Å². The van der Waals surface area contributed by atoms with E-state index in [1.165, 1.54) is 14.6 Å². The number of ether oxygens (including phenoxy) is 2. The van der Waals surface area contributed by atoms with E-state index < -0.39 is 10.0 Å². The van der Waals surface area contributed by atoms with Crippen LogP contribution in [0.2, 0.25) is 5.15 Å². The Hall–Kier alpha value is -2.43. The molecule has 0 spiro atoms. The second-order valence-electron chi connectivity index (χ2n) is 9.10. The van der Waals surface area contributed by atoms with Gasteiger partial charge in [0.2, 0.25) is 10.0 Å². The summed E-state index contributed by atoms with van der Waals surface area (Å²) in [6.45, 7) is 6.77. The molecule has 0 bridgehead atoms. The summed E-state index contributed by atoms with van der Waals surface area (Å²) in [5.74, 6) is 0.774. The first-order valence-electron chi connectivity index (χ1n) is 11.9. The number of nitrogens with zero attached hydrogens (tertiary/aromatic N) is 4. The molecule has 2 heterocycles. The summed E-state index contributed by atoms with van der Waals surface area (Å²) in [4.78, 5) is 2.33. The van der Waals surface area contributed by atoms with Crippen molar-refractivity contribution in [1.82, 2.24) is 19.0 Å². The second kappa shape index (κ2) is 11.3. The lowest BCUT2D eigenvalue weighted by atomic mass is 10.1. The molecular formula is C26H33ClN4O4S. The molecule has 0 amide bonds. The molecule has 2 aromatic carbocycles. The maximum absolute atomic E-state index is 13.3. The average Bonchev–Trinajstić information content (AvgIpc) is 3.14. The van der Waals surface area contributed by atoms with Gasteiger partial charge in [-0.2, -0.15) is 9.40 Å². The molecule has 1 atom stereocenters. The number of halogens is 1. The highest BCUT2D eigenvalue weighted by Crippen LogP contribution is 2.29. The molecule has 8 nitrogen and oxygen atoms in total. The fourth-order valence-electron chi connectivity index (χ4n) is 4.40. The SMILES string of the molecule is COc1cccc(C(CN2CCN(S(=O)(=O)c3c(C)nn(C)c3Cl)CC2)OCc2ccc(C)cc2)c1. The van der Waals surface area contributed by atoms with Gasteiger partial charge in [0.15, 0.2) is 0 Å². The standard InChI is InChI=1S/C26H33ClN4O4S/c1-19-8-10-21(11-9-19)18-35-24(22-6-5-7-23(16-22)34-4)17-30-12-14-31(15-13-30)36(32,33)25-20(2)28-29(3)26(25)27/h5-11,16,24H,12-15,17-18H2,1-4H3. The fourth-order valence-corrected chi connectivity index (χ4v) is 6.53. The van der Waals surface area contributed by atoms with Crippen molar-refractivity contribution in [2.45, 2.75) is 31.5 Å². The van der Waals surface area contributed by atoms with Gasteiger partial charge < -0.3 is 9.47 Å². The number of piperazine rings is 1. The zero-order chi connectivity index (χ0) is 25.9. The lowest BCUT2D eigenvalue weighted by Gasteiger charge is -2.35. The third-order valence-electron chi connectivity index (χ3n) is 6.49. The number of hydrogen-bond donors (Lipinski definition) is 0. The number of sulfonamides is 1. The lowest BCUT2D eigenvalue weighted by molar-refractivity contribution is 0.00762. The highest BCUT2D eigenvalue weighted by Gasteiger charge is 2.34. The normalized spacial score (nSPS) is 16.2. The van der Waals surface area contributed by atoms with Gasteiger partial charge in [-0.3, -0.25) is 9.58 Å². The van der Waals surface area contributed by atoms with Crippen LogP contribution in [0.25, 0.3) is 0 Å². The number of aryl methyl sites for hydroxylation is 3. The van der Waals surface area contributed by atoms with Crippen LogP contribution in [0.5, 0.6) is 5.75 Å². The zero-order valence-corrected chi connectivity index (χ0v) is 22.7. The van der Waals surface area contributed by atoms with Gasteiger partial charge in [-0.15, -0.1) is 0 Å². The smallest absolute Gasteiger partial charge is 0.248 e. The van der Waals surface area contributed by atoms with Gasteiger partial charge in [-0.25, -0.2) is 8.42 Å². The van der Waals surface area contributed by atoms with Crippen LogP contribution in [0.3, 0.4) is 0 Å². The number of benzene rings is 2. The van der Waals surface area contributed by atoms with Gasteiger partial charge in [0.25, 0.3) is 0 Å². The van der Waals surface area contributed by atoms with Crippen molar-refractivity contribution in [3.8, 4) is 5.75 Å². The molecular weight excluding hydrogens is 500 g/mol. The third kappa shape index (κ3) is 5.92. The van der Waals surface area contributed by atoms with Crippen LogP contribution in [0.4, 0.5) is 0 Å². The molecule has 1 saturated heterocycles. The molecule has 1 fully saturated rings. The van der Waals surface area contributed by atoms with Crippen LogP contribution >= 0.6 is 11.6 Å². The Morgan fingerprint density at radius 3 is 2.36 bits per heavy atom. The Bertz CT molecular complexity index is 1290. The number of hydrogen-bond acceptors (Lipinski definition) is 6. The van der Waals surface area contributed by atoms with Crippen LogP contribution in [-0.4, -0.2) is 67.2 Å². The Labute approximate surface area is 218 Å². The van der Waals surface area contributed by atoms with Crippen molar-refractivity contribution in [3.63, 3.8) is 0 Å². The Morgan fingerprint density at radius 1 is 1.06 bits per heavy atom. The van der Waals surface area contributed by atoms with Crippen molar-refractivity contribution in [2.24, 2.45) is 7.05 Å². The first kappa shape index (κ1) is 26.6. The van der Waals surface area contributed by atoms with Crippen molar-refractivity contribution >= 4 is 21.6 Å². The molecule has 194 valence electrons. The summed E-state index contributed by atoms with van der Waals surface area (Å²) >= 11 is 6.26. The minimum atomic E-state index is -3.72. The molecule has 0 saturated carbocycles. The lowest BCUT2D eigenvalue weighted by Crippen LogP contribution is -2.49. The van der Waals surface area contributed by atoms with E-state index in [0.717, 1.165) is 16.9 Å². The number of methoxy groups -OCH3 is 1. The van der Waals surface area contributed by atoms with Crippen LogP contribution in [-0.2, 0) is 28.4 Å². The van der Waals surface area contributed by atoms with E-state index >= 15 is 0 Å². The molecule has 0 aliphatic carbocycles. The molecule has 1 unspecified atom stereocenters. The molecule has 1 aromatic heterocycles. The van der Waals surface area contributed by atoms with Gasteiger partial charge in [-0.05, 0) is 37.1 Å². The number of aromatic nitrogens is 2. The Kier molecular flexibility index (Phi) is 8.37. The predicted molar refractivity (Wildman–Crippen MR) is 140 cm³/mol. The van der Waals surface area contributed by atoms with Gasteiger partial charge in [0, 0.05) is 39.8 Å². The highest BCUT2D eigenvalue weighted by molar-refractivity contribution is 7.89. The Morgan fingerprint density at radius 2 is 1.75 bits per heavy atom. The summed E-state index contributed by atoms with van der Waals surface area (Å²) in [5.41, 5.74) is 3.74. The van der Waals surface area contributed by atoms with Gasteiger partial charge in [-0.1, -0.05) is 53.6 Å². The van der Waals surface area contributed by atoms with E-state index in [2.05, 4.69) is 41.2 Å². The van der Waals surface area contributed by atoms with Crippen molar-refractivity contribution in [3.05, 3.63) is 76.1 Å². The summed E-state index contributed by atoms with van der Waals surface area (Å²) in [7, 11) is -0.431. The van der Waals surface area contributed by atoms with Crippen LogP contribution in [0, 0.1) is 13.8 Å². The molecule has 0 N–H and O–H groups in total. The summed E-state index contributed by atoms with van der Waals surface area (Å²) in [6, 6.07) is 16.2. The minimum absolute atomic E-state index is 0.0933. The van der Waals surface area contributed by atoms with Crippen LogP contribution in [0.1, 0.15) is 28.5 Å². The first-order chi connectivity index (χ1) is 17.2. The molecule has 36 heavy (non-hydrogen) atoms. The maximum Gasteiger partial charge on any atom is 0.248 e. The average molecular weight is 533 g/mol. The molecule has 1 aliphatic rings. The maximum atomic E-state index is 13.3. The summed E-state index contributed by atoms with van der Waals surface area (Å²) < 4.78 is 41.3. The largest absolute Gasteiger partial charge is 0.497 e. The van der Waals surface area contributed by atoms with Gasteiger partial charge >= 0.3 is 0 Å². The van der Waals surface area contributed by atoms with E-state index in [1.54, 1.807) is 21.1 Å². The minimum Gasteiger partial charge on any atom is -0.497 e. The topological polar surface area (TPSA) is 76.9 Å². The zero-order valence-electron chi connectivity index (χ0n) is 21.1. The summed E-state index contributed by atoms with van der Waals surface area (Å²) in [5, 5.41) is 4.30. The van der Waals surface area contributed by atoms with Crippen LogP contribution < -0.4 is 4.74 Å². The predicted octanol–water partition coefficient (Wildman–Crippen LogP) is 3.96. The second-order valence-corrected chi connectivity index (χ2v) is 11.3.